The zero-order chi connectivity index (χ0) is 23.3. The molecule has 0 fully saturated rings. The Balaban J connectivity index is 2.20. The summed E-state index contributed by atoms with van der Waals surface area (Å²) in [4.78, 5) is 12.8. The minimum Gasteiger partial charge on any atom is -0.465 e. The number of rotatable bonds is 4. The lowest BCUT2D eigenvalue weighted by atomic mass is 9.89. The van der Waals surface area contributed by atoms with Crippen LogP contribution in [0, 0.1) is 27.7 Å². The summed E-state index contributed by atoms with van der Waals surface area (Å²) >= 11 is 0. The summed E-state index contributed by atoms with van der Waals surface area (Å²) in [5, 5.41) is 0.512. The van der Waals surface area contributed by atoms with Crippen molar-refractivity contribution in [1.29, 1.82) is 0 Å². The number of esters is 1. The molecular formula is C24H29NO5S. The van der Waals surface area contributed by atoms with Gasteiger partial charge in [0.25, 0.3) is 10.0 Å². The fraction of sp³-hybridized carbons (Fsp3) is 0.375. The number of hydrogen-bond donors (Lipinski definition) is 1. The molecule has 0 atom stereocenters. The molecule has 1 heterocycles. The van der Waals surface area contributed by atoms with E-state index >= 15 is 0 Å². The normalized spacial score (nSPS) is 12.3. The SMILES string of the molecule is COC(=O)c1c(C(C)(C)C)oc2cc(C)c(NS(=O)(=O)c3c(C)cc(C)cc3C)cc12. The molecule has 0 aliphatic rings. The molecule has 2 aromatic carbocycles. The van der Waals surface area contributed by atoms with Crippen molar-refractivity contribution in [3.63, 3.8) is 0 Å². The quantitative estimate of drug-likeness (QED) is 0.534. The molecule has 0 aliphatic carbocycles. The number of hydrogen-bond acceptors (Lipinski definition) is 5. The molecule has 3 aromatic rings. The number of furan rings is 1. The number of anilines is 1. The van der Waals surface area contributed by atoms with Gasteiger partial charge in [-0.25, -0.2) is 13.2 Å². The zero-order valence-corrected chi connectivity index (χ0v) is 20.1. The molecule has 6 nitrogen and oxygen atoms in total. The molecule has 0 unspecified atom stereocenters. The molecule has 3 rings (SSSR count). The first-order valence-corrected chi connectivity index (χ1v) is 11.5. The Labute approximate surface area is 183 Å². The molecular weight excluding hydrogens is 414 g/mol. The third kappa shape index (κ3) is 4.19. The second kappa shape index (κ2) is 7.71. The molecule has 0 saturated carbocycles. The lowest BCUT2D eigenvalue weighted by molar-refractivity contribution is 0.0598. The van der Waals surface area contributed by atoms with Gasteiger partial charge in [0, 0.05) is 10.8 Å². The molecule has 0 spiro atoms. The van der Waals surface area contributed by atoms with Crippen LogP contribution in [-0.4, -0.2) is 21.5 Å². The van der Waals surface area contributed by atoms with Gasteiger partial charge in [0.15, 0.2) is 0 Å². The van der Waals surface area contributed by atoms with Crippen LogP contribution in [0.3, 0.4) is 0 Å². The van der Waals surface area contributed by atoms with Crippen molar-refractivity contribution in [2.24, 2.45) is 0 Å². The summed E-state index contributed by atoms with van der Waals surface area (Å²) in [7, 11) is -2.53. The summed E-state index contributed by atoms with van der Waals surface area (Å²) < 4.78 is 40.2. The molecule has 1 aromatic heterocycles. The van der Waals surface area contributed by atoms with Gasteiger partial charge in [-0.1, -0.05) is 38.5 Å². The number of aryl methyl sites for hydroxylation is 4. The van der Waals surface area contributed by atoms with Crippen LogP contribution in [-0.2, 0) is 20.2 Å². The van der Waals surface area contributed by atoms with Crippen molar-refractivity contribution < 1.29 is 22.4 Å². The first-order chi connectivity index (χ1) is 14.3. The summed E-state index contributed by atoms with van der Waals surface area (Å²) in [6.07, 6.45) is 0. The van der Waals surface area contributed by atoms with Crippen molar-refractivity contribution in [2.45, 2.75) is 58.8 Å². The van der Waals surface area contributed by atoms with Gasteiger partial charge in [0.2, 0.25) is 0 Å². The fourth-order valence-corrected chi connectivity index (χ4v) is 5.55. The van der Waals surface area contributed by atoms with Gasteiger partial charge < -0.3 is 9.15 Å². The van der Waals surface area contributed by atoms with E-state index in [1.54, 1.807) is 32.9 Å². The molecule has 0 aliphatic heterocycles. The Kier molecular flexibility index (Phi) is 5.69. The summed E-state index contributed by atoms with van der Waals surface area (Å²) in [6.45, 7) is 13.1. The number of nitrogens with one attached hydrogen (secondary N) is 1. The number of sulfonamides is 1. The number of carbonyl (C=O) groups excluding carboxylic acids is 1. The van der Waals surface area contributed by atoms with Gasteiger partial charge in [0.1, 0.15) is 16.9 Å². The van der Waals surface area contributed by atoms with E-state index < -0.39 is 21.4 Å². The third-order valence-electron chi connectivity index (χ3n) is 5.22. The largest absolute Gasteiger partial charge is 0.465 e. The number of fused-ring (bicyclic) bond motifs is 1. The minimum absolute atomic E-state index is 0.258. The van der Waals surface area contributed by atoms with Crippen LogP contribution >= 0.6 is 0 Å². The molecule has 7 heteroatoms. The fourth-order valence-electron chi connectivity index (χ4n) is 3.97. The van der Waals surface area contributed by atoms with E-state index in [2.05, 4.69) is 4.72 Å². The Hall–Kier alpha value is -2.80. The zero-order valence-electron chi connectivity index (χ0n) is 19.3. The van der Waals surface area contributed by atoms with Gasteiger partial charge in [0.05, 0.1) is 17.7 Å². The highest BCUT2D eigenvalue weighted by Gasteiger charge is 2.31. The molecule has 0 amide bonds. The predicted octanol–water partition coefficient (Wildman–Crippen LogP) is 5.55. The lowest BCUT2D eigenvalue weighted by Crippen LogP contribution is -2.17. The highest BCUT2D eigenvalue weighted by atomic mass is 32.2. The van der Waals surface area contributed by atoms with Crippen LogP contribution < -0.4 is 4.72 Å². The second-order valence-corrected chi connectivity index (χ2v) is 10.7. The van der Waals surface area contributed by atoms with Crippen LogP contribution in [0.1, 0.15) is 59.1 Å². The molecule has 1 N–H and O–H groups in total. The molecule has 0 bridgehead atoms. The van der Waals surface area contributed by atoms with E-state index in [0.29, 0.717) is 44.7 Å². The molecule has 166 valence electrons. The van der Waals surface area contributed by atoms with Crippen LogP contribution in [0.5, 0.6) is 0 Å². The third-order valence-corrected chi connectivity index (χ3v) is 6.89. The van der Waals surface area contributed by atoms with Crippen molar-refractivity contribution in [1.82, 2.24) is 0 Å². The second-order valence-electron chi connectivity index (χ2n) is 9.04. The Morgan fingerprint density at radius 3 is 2.06 bits per heavy atom. The number of methoxy groups -OCH3 is 1. The highest BCUT2D eigenvalue weighted by molar-refractivity contribution is 7.92. The average Bonchev–Trinajstić information content (AvgIpc) is 2.98. The smallest absolute Gasteiger partial charge is 0.342 e. The van der Waals surface area contributed by atoms with E-state index in [1.165, 1.54) is 7.11 Å². The maximum Gasteiger partial charge on any atom is 0.342 e. The van der Waals surface area contributed by atoms with Crippen molar-refractivity contribution in [3.05, 3.63) is 57.8 Å². The summed E-state index contributed by atoms with van der Waals surface area (Å²) in [5.41, 5.74) is 3.81. The van der Waals surface area contributed by atoms with Crippen LogP contribution in [0.15, 0.2) is 33.6 Å². The Morgan fingerprint density at radius 1 is 0.968 bits per heavy atom. The van der Waals surface area contributed by atoms with Crippen LogP contribution in [0.4, 0.5) is 5.69 Å². The highest BCUT2D eigenvalue weighted by Crippen LogP contribution is 2.38. The molecule has 0 radical (unpaired) electrons. The summed E-state index contributed by atoms with van der Waals surface area (Å²) in [5.74, 6) is -0.0226. The van der Waals surface area contributed by atoms with E-state index in [0.717, 1.165) is 5.56 Å². The van der Waals surface area contributed by atoms with Gasteiger partial charge >= 0.3 is 5.97 Å². The lowest BCUT2D eigenvalue weighted by Gasteiger charge is -2.16. The van der Waals surface area contributed by atoms with Gasteiger partial charge in [-0.15, -0.1) is 0 Å². The van der Waals surface area contributed by atoms with E-state index in [1.807, 2.05) is 39.8 Å². The summed E-state index contributed by atoms with van der Waals surface area (Å²) in [6, 6.07) is 7.08. The topological polar surface area (TPSA) is 85.6 Å². The monoisotopic (exact) mass is 443 g/mol. The number of benzene rings is 2. The van der Waals surface area contributed by atoms with E-state index in [-0.39, 0.29) is 4.90 Å². The number of ether oxygens (including phenoxy) is 1. The van der Waals surface area contributed by atoms with Gasteiger partial charge in [-0.3, -0.25) is 4.72 Å². The van der Waals surface area contributed by atoms with E-state index in [9.17, 15) is 13.2 Å². The minimum atomic E-state index is -3.84. The van der Waals surface area contributed by atoms with Gasteiger partial charge in [-0.2, -0.15) is 0 Å². The van der Waals surface area contributed by atoms with Crippen LogP contribution in [0.25, 0.3) is 11.0 Å². The molecule has 0 saturated heterocycles. The van der Waals surface area contributed by atoms with Crippen LogP contribution in [0.2, 0.25) is 0 Å². The Morgan fingerprint density at radius 2 is 1.55 bits per heavy atom. The average molecular weight is 444 g/mol. The van der Waals surface area contributed by atoms with Crippen molar-refractivity contribution in [3.8, 4) is 0 Å². The maximum absolute atomic E-state index is 13.3. The number of carbonyl (C=O) groups is 1. The first kappa shape index (κ1) is 22.9. The van der Waals surface area contributed by atoms with Crippen molar-refractivity contribution >= 4 is 32.6 Å². The van der Waals surface area contributed by atoms with Crippen molar-refractivity contribution in [2.75, 3.05) is 11.8 Å². The predicted molar refractivity (Wildman–Crippen MR) is 122 cm³/mol. The van der Waals surface area contributed by atoms with E-state index in [4.69, 9.17) is 9.15 Å². The first-order valence-electron chi connectivity index (χ1n) is 10.0. The Bertz CT molecular complexity index is 1270. The standard InChI is InChI=1S/C24H29NO5S/c1-13-9-15(3)21(16(4)10-13)31(27,28)25-18-12-17-19(11-14(18)2)30-22(24(5,6)7)20(17)23(26)29-8/h9-12,25H,1-8H3. The van der Waals surface area contributed by atoms with Gasteiger partial charge in [-0.05, 0) is 56.5 Å². The molecule has 31 heavy (non-hydrogen) atoms. The maximum atomic E-state index is 13.3.